The van der Waals surface area contributed by atoms with Crippen molar-refractivity contribution in [1.82, 2.24) is 10.2 Å². The Morgan fingerprint density at radius 1 is 1.43 bits per heavy atom. The molecule has 1 N–H and O–H groups in total. The fraction of sp³-hybridized carbons (Fsp3) is 0.562. The van der Waals surface area contributed by atoms with Gasteiger partial charge < -0.3 is 10.1 Å². The molecule has 0 spiro atoms. The minimum atomic E-state index is 0.111. The second-order valence-electron chi connectivity index (χ2n) is 5.32. The van der Waals surface area contributed by atoms with Crippen LogP contribution in [0.4, 0.5) is 0 Å². The molecule has 0 bridgehead atoms. The number of carbonyl (C=O) groups is 1. The van der Waals surface area contributed by atoms with Crippen LogP contribution < -0.4 is 10.1 Å². The van der Waals surface area contributed by atoms with Crippen LogP contribution in [0.2, 0.25) is 5.02 Å². The molecule has 0 amide bonds. The lowest BCUT2D eigenvalue weighted by Crippen LogP contribution is -2.45. The number of ketones is 1. The van der Waals surface area contributed by atoms with Crippen LogP contribution in [0.15, 0.2) is 18.2 Å². The second kappa shape index (κ2) is 7.78. The summed E-state index contributed by atoms with van der Waals surface area (Å²) in [5.41, 5.74) is 0.646. The Bertz CT molecular complexity index is 487. The van der Waals surface area contributed by atoms with Gasteiger partial charge in [0.05, 0.1) is 18.7 Å². The lowest BCUT2D eigenvalue weighted by molar-refractivity contribution is 0.0874. The normalized spacial score (nSPS) is 16.2. The van der Waals surface area contributed by atoms with Gasteiger partial charge in [0.2, 0.25) is 0 Å². The molecule has 1 aliphatic rings. The predicted molar refractivity (Wildman–Crippen MR) is 85.5 cm³/mol. The first kappa shape index (κ1) is 16.3. The van der Waals surface area contributed by atoms with E-state index in [0.29, 0.717) is 28.9 Å². The standard InChI is InChI=1S/C16H23ClN2O2/c1-3-19(13-6-8-18-9-7-13)11-15(20)12-4-5-16(21-2)14(17)10-12/h4-5,10,13,18H,3,6-9,11H2,1-2H3. The molecule has 5 heteroatoms. The highest BCUT2D eigenvalue weighted by Gasteiger charge is 2.22. The second-order valence-corrected chi connectivity index (χ2v) is 5.72. The molecule has 1 aromatic carbocycles. The molecule has 1 heterocycles. The number of Topliss-reactive ketones (excluding diaryl/α,β-unsaturated/α-hetero) is 1. The first-order valence-corrected chi connectivity index (χ1v) is 7.85. The maximum absolute atomic E-state index is 12.5. The summed E-state index contributed by atoms with van der Waals surface area (Å²) in [6, 6.07) is 5.72. The topological polar surface area (TPSA) is 41.6 Å². The number of likely N-dealkylation sites (N-methyl/N-ethyl adjacent to an activating group) is 1. The molecular formula is C16H23ClN2O2. The van der Waals surface area contributed by atoms with Crippen LogP contribution in [0.25, 0.3) is 0 Å². The van der Waals surface area contributed by atoms with Gasteiger partial charge in [0.1, 0.15) is 5.75 Å². The molecular weight excluding hydrogens is 288 g/mol. The quantitative estimate of drug-likeness (QED) is 0.820. The largest absolute Gasteiger partial charge is 0.495 e. The molecule has 0 atom stereocenters. The molecule has 0 saturated carbocycles. The summed E-state index contributed by atoms with van der Waals surface area (Å²) in [5, 5.41) is 3.84. The fourth-order valence-corrected chi connectivity index (χ4v) is 3.04. The zero-order chi connectivity index (χ0) is 15.2. The Hall–Kier alpha value is -1.10. The number of benzene rings is 1. The van der Waals surface area contributed by atoms with E-state index in [1.54, 1.807) is 25.3 Å². The number of carbonyl (C=O) groups excluding carboxylic acids is 1. The smallest absolute Gasteiger partial charge is 0.176 e. The highest BCUT2D eigenvalue weighted by molar-refractivity contribution is 6.32. The number of rotatable bonds is 6. The molecule has 4 nitrogen and oxygen atoms in total. The summed E-state index contributed by atoms with van der Waals surface area (Å²) in [6.45, 7) is 5.51. The number of hydrogen-bond donors (Lipinski definition) is 1. The van der Waals surface area contributed by atoms with E-state index >= 15 is 0 Å². The van der Waals surface area contributed by atoms with Gasteiger partial charge in [-0.3, -0.25) is 9.69 Å². The van der Waals surface area contributed by atoms with Crippen LogP contribution in [0.3, 0.4) is 0 Å². The van der Waals surface area contributed by atoms with E-state index in [9.17, 15) is 4.79 Å². The Labute approximate surface area is 131 Å². The SMILES string of the molecule is CCN(CC(=O)c1ccc(OC)c(Cl)c1)C1CCNCC1. The summed E-state index contributed by atoms with van der Waals surface area (Å²) < 4.78 is 5.12. The van der Waals surface area contributed by atoms with Crippen LogP contribution in [0, 0.1) is 0 Å². The van der Waals surface area contributed by atoms with Crippen molar-refractivity contribution < 1.29 is 9.53 Å². The lowest BCUT2D eigenvalue weighted by atomic mass is 10.0. The Balaban J connectivity index is 2.03. The van der Waals surface area contributed by atoms with Gasteiger partial charge in [-0.25, -0.2) is 0 Å². The molecule has 0 unspecified atom stereocenters. The highest BCUT2D eigenvalue weighted by Crippen LogP contribution is 2.25. The Morgan fingerprint density at radius 2 is 2.14 bits per heavy atom. The van der Waals surface area contributed by atoms with Crippen LogP contribution in [-0.4, -0.2) is 50.0 Å². The number of halogens is 1. The number of hydrogen-bond acceptors (Lipinski definition) is 4. The van der Waals surface area contributed by atoms with E-state index in [0.717, 1.165) is 32.5 Å². The first-order chi connectivity index (χ1) is 10.2. The Kier molecular flexibility index (Phi) is 6.03. The van der Waals surface area contributed by atoms with Crippen molar-refractivity contribution in [1.29, 1.82) is 0 Å². The minimum Gasteiger partial charge on any atom is -0.495 e. The molecule has 1 aromatic rings. The van der Waals surface area contributed by atoms with Crippen molar-refractivity contribution >= 4 is 17.4 Å². The number of nitrogens with one attached hydrogen (secondary N) is 1. The van der Waals surface area contributed by atoms with Gasteiger partial charge >= 0.3 is 0 Å². The highest BCUT2D eigenvalue weighted by atomic mass is 35.5. The van der Waals surface area contributed by atoms with Crippen LogP contribution >= 0.6 is 11.6 Å². The number of nitrogens with zero attached hydrogens (tertiary/aromatic N) is 1. The molecule has 21 heavy (non-hydrogen) atoms. The number of methoxy groups -OCH3 is 1. The van der Waals surface area contributed by atoms with Gasteiger partial charge in [0.15, 0.2) is 5.78 Å². The van der Waals surface area contributed by atoms with Crippen molar-refractivity contribution in [2.75, 3.05) is 33.3 Å². The van der Waals surface area contributed by atoms with E-state index < -0.39 is 0 Å². The van der Waals surface area contributed by atoms with Gasteiger partial charge in [0.25, 0.3) is 0 Å². The van der Waals surface area contributed by atoms with E-state index in [-0.39, 0.29) is 5.78 Å². The summed E-state index contributed by atoms with van der Waals surface area (Å²) in [6.07, 6.45) is 2.20. The van der Waals surface area contributed by atoms with Crippen LogP contribution in [-0.2, 0) is 0 Å². The van der Waals surface area contributed by atoms with Gasteiger partial charge in [-0.1, -0.05) is 18.5 Å². The molecule has 0 radical (unpaired) electrons. The first-order valence-electron chi connectivity index (χ1n) is 7.47. The number of piperidine rings is 1. The van der Waals surface area contributed by atoms with Gasteiger partial charge in [-0.05, 0) is 50.7 Å². The average Bonchev–Trinajstić information content (AvgIpc) is 2.53. The Morgan fingerprint density at radius 3 is 2.71 bits per heavy atom. The monoisotopic (exact) mass is 310 g/mol. The average molecular weight is 311 g/mol. The molecule has 0 aliphatic carbocycles. The summed E-state index contributed by atoms with van der Waals surface area (Å²) in [7, 11) is 1.57. The summed E-state index contributed by atoms with van der Waals surface area (Å²) >= 11 is 6.09. The van der Waals surface area contributed by atoms with Gasteiger partial charge in [0, 0.05) is 11.6 Å². The zero-order valence-corrected chi connectivity index (χ0v) is 13.4. The van der Waals surface area contributed by atoms with Crippen molar-refractivity contribution in [3.05, 3.63) is 28.8 Å². The van der Waals surface area contributed by atoms with Gasteiger partial charge in [-0.2, -0.15) is 0 Å². The van der Waals surface area contributed by atoms with Crippen molar-refractivity contribution in [3.8, 4) is 5.75 Å². The van der Waals surface area contributed by atoms with Crippen molar-refractivity contribution in [2.24, 2.45) is 0 Å². The molecule has 0 aromatic heterocycles. The zero-order valence-electron chi connectivity index (χ0n) is 12.7. The minimum absolute atomic E-state index is 0.111. The van der Waals surface area contributed by atoms with Crippen LogP contribution in [0.5, 0.6) is 5.75 Å². The molecule has 1 fully saturated rings. The van der Waals surface area contributed by atoms with E-state index in [4.69, 9.17) is 16.3 Å². The van der Waals surface area contributed by atoms with Crippen LogP contribution in [0.1, 0.15) is 30.1 Å². The predicted octanol–water partition coefficient (Wildman–Crippen LogP) is 2.61. The number of ether oxygens (including phenoxy) is 1. The molecule has 116 valence electrons. The van der Waals surface area contributed by atoms with Gasteiger partial charge in [-0.15, -0.1) is 0 Å². The third-order valence-corrected chi connectivity index (χ3v) is 4.35. The van der Waals surface area contributed by atoms with E-state index in [1.807, 2.05) is 0 Å². The van der Waals surface area contributed by atoms with E-state index in [1.165, 1.54) is 0 Å². The van der Waals surface area contributed by atoms with E-state index in [2.05, 4.69) is 17.1 Å². The molecule has 1 aliphatic heterocycles. The van der Waals surface area contributed by atoms with Crippen molar-refractivity contribution in [3.63, 3.8) is 0 Å². The maximum atomic E-state index is 12.5. The lowest BCUT2D eigenvalue weighted by Gasteiger charge is -2.33. The fourth-order valence-electron chi connectivity index (χ4n) is 2.79. The van der Waals surface area contributed by atoms with Crippen molar-refractivity contribution in [2.45, 2.75) is 25.8 Å². The molecule has 2 rings (SSSR count). The third-order valence-electron chi connectivity index (χ3n) is 4.05. The summed E-state index contributed by atoms with van der Waals surface area (Å²) in [4.78, 5) is 14.7. The maximum Gasteiger partial charge on any atom is 0.176 e. The summed E-state index contributed by atoms with van der Waals surface area (Å²) in [5.74, 6) is 0.707. The third kappa shape index (κ3) is 4.19. The molecule has 1 saturated heterocycles.